The lowest BCUT2D eigenvalue weighted by molar-refractivity contribution is -0.144. The van der Waals surface area contributed by atoms with Crippen LogP contribution in [0.4, 0.5) is 0 Å². The topological polar surface area (TPSA) is 64.6 Å². The summed E-state index contributed by atoms with van der Waals surface area (Å²) in [4.78, 5) is 28.5. The zero-order valence-corrected chi connectivity index (χ0v) is 20.6. The number of para-hydroxylation sites is 1. The summed E-state index contributed by atoms with van der Waals surface area (Å²) in [6.45, 7) is 4.37. The Morgan fingerprint density at radius 3 is 2.65 bits per heavy atom. The normalized spacial score (nSPS) is 23.1. The number of nitrogens with one attached hydrogen (secondary N) is 1. The summed E-state index contributed by atoms with van der Waals surface area (Å²) >= 11 is 1.69. The minimum Gasteiger partial charge on any atom is -0.494 e. The molecule has 6 heteroatoms. The van der Waals surface area contributed by atoms with Crippen molar-refractivity contribution < 1.29 is 19.1 Å². The maximum absolute atomic E-state index is 13.7. The average Bonchev–Trinajstić information content (AvgIpc) is 3.53. The molecule has 3 aliphatic rings. The van der Waals surface area contributed by atoms with Gasteiger partial charge in [-0.25, -0.2) is 4.79 Å². The van der Waals surface area contributed by atoms with E-state index in [1.807, 2.05) is 44.2 Å². The number of hydrogen-bond acceptors (Lipinski definition) is 6. The second-order valence-corrected chi connectivity index (χ2v) is 10.3. The molecule has 5 rings (SSSR count). The molecule has 5 nitrogen and oxygen atoms in total. The summed E-state index contributed by atoms with van der Waals surface area (Å²) in [5.41, 5.74) is 3.74. The molecule has 1 N–H and O–H groups in total. The first-order chi connectivity index (χ1) is 16.6. The molecule has 2 heterocycles. The van der Waals surface area contributed by atoms with E-state index in [2.05, 4.69) is 16.8 Å². The molecule has 0 spiro atoms. The van der Waals surface area contributed by atoms with Crippen LogP contribution in [0, 0.1) is 0 Å². The van der Waals surface area contributed by atoms with Gasteiger partial charge >= 0.3 is 5.97 Å². The Bertz CT molecular complexity index is 1140. The fourth-order valence-corrected chi connectivity index (χ4v) is 6.40. The Labute approximate surface area is 204 Å². The van der Waals surface area contributed by atoms with Gasteiger partial charge in [-0.2, -0.15) is 0 Å². The number of dihydropyridines is 1. The van der Waals surface area contributed by atoms with E-state index in [4.69, 9.17) is 9.47 Å². The quantitative estimate of drug-likeness (QED) is 0.518. The first kappa shape index (κ1) is 22.9. The zero-order valence-electron chi connectivity index (χ0n) is 19.8. The number of ether oxygens (including phenoxy) is 2. The number of ketones is 1. The van der Waals surface area contributed by atoms with E-state index in [1.54, 1.807) is 11.3 Å². The maximum atomic E-state index is 13.7. The molecule has 1 aromatic carbocycles. The minimum absolute atomic E-state index is 0.0452. The van der Waals surface area contributed by atoms with Crippen molar-refractivity contribution in [2.24, 2.45) is 0 Å². The Balaban J connectivity index is 1.58. The second-order valence-electron chi connectivity index (χ2n) is 9.32. The van der Waals surface area contributed by atoms with Crippen molar-refractivity contribution in [3.8, 4) is 5.75 Å². The van der Waals surface area contributed by atoms with Gasteiger partial charge in [0.2, 0.25) is 0 Å². The van der Waals surface area contributed by atoms with Crippen LogP contribution in [0.25, 0.3) is 0 Å². The van der Waals surface area contributed by atoms with Crippen LogP contribution in [0.5, 0.6) is 5.75 Å². The third kappa shape index (κ3) is 4.31. The van der Waals surface area contributed by atoms with E-state index in [0.717, 1.165) is 49.1 Å². The van der Waals surface area contributed by atoms with Crippen LogP contribution in [0.2, 0.25) is 0 Å². The van der Waals surface area contributed by atoms with Crippen molar-refractivity contribution in [1.82, 2.24) is 5.32 Å². The standard InChI is InChI=1S/C28H31NO4S/c1-3-32-23-12-7-6-11-20(23)26-25(28(31)33-19-9-4-5-10-19)17(2)29-21-15-18(16-22(30)27(21)26)24-13-8-14-34-24/h6-8,11-14,18-19,26,29H,3-5,9-10,15-16H2,1-2H3/t18-,26-/m1/s1. The second kappa shape index (κ2) is 9.79. The smallest absolute Gasteiger partial charge is 0.337 e. The average molecular weight is 478 g/mol. The molecule has 2 aliphatic carbocycles. The lowest BCUT2D eigenvalue weighted by atomic mass is 9.72. The van der Waals surface area contributed by atoms with Crippen molar-refractivity contribution >= 4 is 23.1 Å². The monoisotopic (exact) mass is 477 g/mol. The highest BCUT2D eigenvalue weighted by atomic mass is 32.1. The first-order valence-corrected chi connectivity index (χ1v) is 13.1. The Hall–Kier alpha value is -2.86. The molecule has 0 radical (unpaired) electrons. The summed E-state index contributed by atoms with van der Waals surface area (Å²) in [6.07, 6.45) is 5.12. The predicted molar refractivity (Wildman–Crippen MR) is 133 cm³/mol. The van der Waals surface area contributed by atoms with E-state index in [1.165, 1.54) is 4.88 Å². The third-order valence-electron chi connectivity index (χ3n) is 7.10. The molecule has 1 saturated carbocycles. The Morgan fingerprint density at radius 1 is 1.12 bits per heavy atom. The van der Waals surface area contributed by atoms with E-state index >= 15 is 0 Å². The van der Waals surface area contributed by atoms with Gasteiger partial charge in [0, 0.05) is 39.7 Å². The van der Waals surface area contributed by atoms with Crippen LogP contribution in [-0.2, 0) is 14.3 Å². The molecule has 1 aromatic heterocycles. The van der Waals surface area contributed by atoms with Gasteiger partial charge in [-0.15, -0.1) is 11.3 Å². The predicted octanol–water partition coefficient (Wildman–Crippen LogP) is 5.99. The highest BCUT2D eigenvalue weighted by Crippen LogP contribution is 2.48. The van der Waals surface area contributed by atoms with Gasteiger partial charge in [-0.1, -0.05) is 24.3 Å². The van der Waals surface area contributed by atoms with Crippen LogP contribution in [0.3, 0.4) is 0 Å². The summed E-state index contributed by atoms with van der Waals surface area (Å²) in [7, 11) is 0. The number of carbonyl (C=O) groups is 2. The molecule has 178 valence electrons. The minimum atomic E-state index is -0.496. The van der Waals surface area contributed by atoms with E-state index in [9.17, 15) is 9.59 Å². The Kier molecular flexibility index (Phi) is 6.59. The molecular weight excluding hydrogens is 446 g/mol. The fourth-order valence-electron chi connectivity index (χ4n) is 5.57. The van der Waals surface area contributed by atoms with Gasteiger partial charge in [0.15, 0.2) is 5.78 Å². The molecule has 1 fully saturated rings. The summed E-state index contributed by atoms with van der Waals surface area (Å²) in [6, 6.07) is 11.9. The highest BCUT2D eigenvalue weighted by molar-refractivity contribution is 7.10. The number of Topliss-reactive ketones (excluding diaryl/α,β-unsaturated/α-hetero) is 1. The van der Waals surface area contributed by atoms with Crippen molar-refractivity contribution in [3.63, 3.8) is 0 Å². The lowest BCUT2D eigenvalue weighted by Gasteiger charge is -2.37. The molecule has 0 saturated heterocycles. The number of benzene rings is 1. The lowest BCUT2D eigenvalue weighted by Crippen LogP contribution is -2.36. The molecular formula is C28H31NO4S. The molecule has 0 amide bonds. The zero-order chi connectivity index (χ0) is 23.7. The summed E-state index contributed by atoms with van der Waals surface area (Å²) < 4.78 is 11.9. The SMILES string of the molecule is CCOc1ccccc1[C@@H]1C(C(=O)OC2CCCC2)=C(C)NC2=C1C(=O)C[C@H](c1cccs1)C2. The van der Waals surface area contributed by atoms with Crippen molar-refractivity contribution in [2.75, 3.05) is 6.61 Å². The van der Waals surface area contributed by atoms with Gasteiger partial charge in [-0.3, -0.25) is 4.79 Å². The number of esters is 1. The van der Waals surface area contributed by atoms with Crippen LogP contribution in [-0.4, -0.2) is 24.5 Å². The third-order valence-corrected chi connectivity index (χ3v) is 8.13. The first-order valence-electron chi connectivity index (χ1n) is 12.3. The maximum Gasteiger partial charge on any atom is 0.337 e. The molecule has 1 aliphatic heterocycles. The number of thiophene rings is 1. The van der Waals surface area contributed by atoms with Crippen LogP contribution in [0.1, 0.15) is 74.6 Å². The van der Waals surface area contributed by atoms with E-state index < -0.39 is 5.92 Å². The number of rotatable bonds is 6. The van der Waals surface area contributed by atoms with Crippen molar-refractivity contribution in [2.45, 2.75) is 70.3 Å². The van der Waals surface area contributed by atoms with E-state index in [0.29, 0.717) is 29.9 Å². The van der Waals surface area contributed by atoms with E-state index in [-0.39, 0.29) is 23.8 Å². The van der Waals surface area contributed by atoms with Gasteiger partial charge in [0.1, 0.15) is 11.9 Å². The summed E-state index contributed by atoms with van der Waals surface area (Å²) in [5.74, 6) is 0.122. The molecule has 0 unspecified atom stereocenters. The van der Waals surface area contributed by atoms with Crippen LogP contribution < -0.4 is 10.1 Å². The van der Waals surface area contributed by atoms with Crippen molar-refractivity contribution in [3.05, 3.63) is 74.8 Å². The number of allylic oxidation sites excluding steroid dienone is 3. The number of carbonyl (C=O) groups excluding carboxylic acids is 2. The summed E-state index contributed by atoms with van der Waals surface area (Å²) in [5, 5.41) is 5.51. The molecule has 0 bridgehead atoms. The Morgan fingerprint density at radius 2 is 1.91 bits per heavy atom. The van der Waals surface area contributed by atoms with Gasteiger partial charge in [0.25, 0.3) is 0 Å². The van der Waals surface area contributed by atoms with Crippen LogP contribution in [0.15, 0.2) is 64.3 Å². The van der Waals surface area contributed by atoms with Gasteiger partial charge < -0.3 is 14.8 Å². The molecule has 2 aromatic rings. The van der Waals surface area contributed by atoms with Crippen LogP contribution >= 0.6 is 11.3 Å². The molecule has 34 heavy (non-hydrogen) atoms. The van der Waals surface area contributed by atoms with Gasteiger partial charge in [0.05, 0.1) is 18.1 Å². The van der Waals surface area contributed by atoms with Gasteiger partial charge in [-0.05, 0) is 63.5 Å². The largest absolute Gasteiger partial charge is 0.494 e. The van der Waals surface area contributed by atoms with Crippen molar-refractivity contribution in [1.29, 1.82) is 0 Å². The number of hydrogen-bond donors (Lipinski definition) is 1. The highest BCUT2D eigenvalue weighted by Gasteiger charge is 2.43. The fraction of sp³-hybridized carbons (Fsp3) is 0.429. The molecule has 2 atom stereocenters.